The Morgan fingerprint density at radius 1 is 1.34 bits per heavy atom. The van der Waals surface area contributed by atoms with Crippen molar-refractivity contribution in [2.45, 2.75) is 45.1 Å². The van der Waals surface area contributed by atoms with Crippen molar-refractivity contribution >= 4 is 22.5 Å². The van der Waals surface area contributed by atoms with E-state index in [0.29, 0.717) is 17.0 Å². The zero-order valence-electron chi connectivity index (χ0n) is 19.7. The van der Waals surface area contributed by atoms with Gasteiger partial charge in [-0.05, 0) is 49.6 Å². The molecule has 1 aliphatic heterocycles. The van der Waals surface area contributed by atoms with Crippen molar-refractivity contribution in [3.8, 4) is 6.07 Å². The second-order valence-electron chi connectivity index (χ2n) is 9.03. The lowest BCUT2D eigenvalue weighted by Gasteiger charge is -2.16. The minimum absolute atomic E-state index is 0.0784. The molecule has 178 valence electrons. The lowest BCUT2D eigenvalue weighted by molar-refractivity contribution is 0.0947. The first kappa shape index (κ1) is 22.6. The standard InChI is InChI=1S/C26H26FN7O/c1-15-9-19(14-31-33-15)17-10-18(12-28)22(27)20(11-17)13-30-26(35)23-24-21(7-8-29-23)32-25(34(24)2)16-5-3-4-6-16/h7-11,14,16,31,33H,3-6,13H2,1-2H3,(H,30,35). The van der Waals surface area contributed by atoms with Gasteiger partial charge in [-0.3, -0.25) is 4.79 Å². The summed E-state index contributed by atoms with van der Waals surface area (Å²) in [5.41, 5.74) is 10.0. The molecule has 5 rings (SSSR count). The highest BCUT2D eigenvalue weighted by molar-refractivity contribution is 6.03. The molecular formula is C26H26FN7O. The van der Waals surface area contributed by atoms with E-state index in [1.165, 1.54) is 18.9 Å². The number of allylic oxidation sites excluding steroid dienone is 3. The van der Waals surface area contributed by atoms with Gasteiger partial charge in [0.05, 0.1) is 16.6 Å². The molecule has 1 saturated carbocycles. The van der Waals surface area contributed by atoms with Gasteiger partial charge in [0.1, 0.15) is 17.7 Å². The Morgan fingerprint density at radius 2 is 2.14 bits per heavy atom. The van der Waals surface area contributed by atoms with Crippen LogP contribution in [0.4, 0.5) is 4.39 Å². The quantitative estimate of drug-likeness (QED) is 0.521. The molecule has 1 aromatic carbocycles. The molecule has 2 aliphatic rings. The van der Waals surface area contributed by atoms with E-state index >= 15 is 0 Å². The van der Waals surface area contributed by atoms with E-state index in [1.54, 1.807) is 18.5 Å². The number of hydrogen-bond acceptors (Lipinski definition) is 6. The number of hydrogen-bond donors (Lipinski definition) is 3. The second-order valence-corrected chi connectivity index (χ2v) is 9.03. The third-order valence-electron chi connectivity index (χ3n) is 6.66. The number of nitriles is 1. The fourth-order valence-electron chi connectivity index (χ4n) is 4.92. The van der Waals surface area contributed by atoms with E-state index in [9.17, 15) is 14.4 Å². The van der Waals surface area contributed by atoms with Gasteiger partial charge in [0.25, 0.3) is 5.91 Å². The number of benzene rings is 1. The number of nitrogens with zero attached hydrogens (tertiary/aromatic N) is 4. The van der Waals surface area contributed by atoms with Crippen molar-refractivity contribution < 1.29 is 9.18 Å². The van der Waals surface area contributed by atoms with E-state index < -0.39 is 11.7 Å². The zero-order valence-corrected chi connectivity index (χ0v) is 19.7. The topological polar surface area (TPSA) is 108 Å². The Hall–Kier alpha value is -4.19. The van der Waals surface area contributed by atoms with Gasteiger partial charge in [0, 0.05) is 48.7 Å². The van der Waals surface area contributed by atoms with Crippen LogP contribution in [0.25, 0.3) is 16.6 Å². The highest BCUT2D eigenvalue weighted by Gasteiger charge is 2.25. The summed E-state index contributed by atoms with van der Waals surface area (Å²) in [4.78, 5) is 22.3. The van der Waals surface area contributed by atoms with E-state index in [1.807, 2.05) is 36.8 Å². The number of nitrogens with one attached hydrogen (secondary N) is 3. The van der Waals surface area contributed by atoms with Crippen LogP contribution < -0.4 is 16.2 Å². The number of carbonyl (C=O) groups excluding carboxylic acids is 1. The summed E-state index contributed by atoms with van der Waals surface area (Å²) in [6.07, 6.45) is 9.77. The lowest BCUT2D eigenvalue weighted by atomic mass is 9.98. The molecule has 1 fully saturated rings. The number of carbonyl (C=O) groups is 1. The number of fused-ring (bicyclic) bond motifs is 1. The molecule has 9 heteroatoms. The van der Waals surface area contributed by atoms with Gasteiger partial charge in [0.15, 0.2) is 5.69 Å². The summed E-state index contributed by atoms with van der Waals surface area (Å²) >= 11 is 0. The number of aryl methyl sites for hydroxylation is 1. The Labute approximate surface area is 202 Å². The monoisotopic (exact) mass is 471 g/mol. The van der Waals surface area contributed by atoms with Crippen molar-refractivity contribution in [3.05, 3.63) is 76.4 Å². The highest BCUT2D eigenvalue weighted by atomic mass is 19.1. The van der Waals surface area contributed by atoms with Crippen LogP contribution in [0.1, 0.15) is 71.5 Å². The molecule has 0 unspecified atom stereocenters. The molecule has 3 aromatic rings. The minimum Gasteiger partial charge on any atom is -0.346 e. The molecule has 0 radical (unpaired) electrons. The van der Waals surface area contributed by atoms with E-state index in [2.05, 4.69) is 21.2 Å². The third-order valence-corrected chi connectivity index (χ3v) is 6.66. The smallest absolute Gasteiger partial charge is 0.272 e. The van der Waals surface area contributed by atoms with Crippen molar-refractivity contribution in [3.63, 3.8) is 0 Å². The van der Waals surface area contributed by atoms with Crippen LogP contribution in [0.15, 0.2) is 42.4 Å². The molecule has 8 nitrogen and oxygen atoms in total. The molecular weight excluding hydrogens is 445 g/mol. The number of amides is 1. The first-order chi connectivity index (χ1) is 17.0. The number of pyridine rings is 1. The van der Waals surface area contributed by atoms with Crippen LogP contribution >= 0.6 is 0 Å². The summed E-state index contributed by atoms with van der Waals surface area (Å²) < 4.78 is 16.9. The summed E-state index contributed by atoms with van der Waals surface area (Å²) in [7, 11) is 1.92. The molecule has 0 saturated heterocycles. The first-order valence-electron chi connectivity index (χ1n) is 11.7. The maximum absolute atomic E-state index is 15.0. The molecule has 0 spiro atoms. The van der Waals surface area contributed by atoms with Gasteiger partial charge in [-0.1, -0.05) is 12.8 Å². The predicted molar refractivity (Wildman–Crippen MR) is 130 cm³/mol. The molecule has 35 heavy (non-hydrogen) atoms. The summed E-state index contributed by atoms with van der Waals surface area (Å²) in [6.45, 7) is 1.81. The van der Waals surface area contributed by atoms with Gasteiger partial charge < -0.3 is 20.7 Å². The maximum Gasteiger partial charge on any atom is 0.272 e. The predicted octanol–water partition coefficient (Wildman–Crippen LogP) is 3.92. The highest BCUT2D eigenvalue weighted by Crippen LogP contribution is 2.35. The number of hydrazine groups is 1. The molecule has 0 atom stereocenters. The average Bonchev–Trinajstić information content (AvgIpc) is 3.51. The first-order valence-corrected chi connectivity index (χ1v) is 11.7. The van der Waals surface area contributed by atoms with Crippen molar-refractivity contribution in [2.75, 3.05) is 0 Å². The number of halogens is 1. The molecule has 3 N–H and O–H groups in total. The number of imidazole rings is 1. The summed E-state index contributed by atoms with van der Waals surface area (Å²) in [5.74, 6) is 0.304. The van der Waals surface area contributed by atoms with E-state index in [-0.39, 0.29) is 23.4 Å². The van der Waals surface area contributed by atoms with Crippen LogP contribution in [-0.4, -0.2) is 20.4 Å². The van der Waals surface area contributed by atoms with Crippen LogP contribution in [0.2, 0.25) is 0 Å². The minimum atomic E-state index is -0.644. The van der Waals surface area contributed by atoms with Gasteiger partial charge in [0.2, 0.25) is 0 Å². The second kappa shape index (κ2) is 9.22. The molecule has 0 bridgehead atoms. The van der Waals surface area contributed by atoms with Crippen molar-refractivity contribution in [1.29, 1.82) is 5.26 Å². The molecule has 3 heterocycles. The van der Waals surface area contributed by atoms with Gasteiger partial charge >= 0.3 is 0 Å². The maximum atomic E-state index is 15.0. The molecule has 2 aromatic heterocycles. The van der Waals surface area contributed by atoms with Crippen molar-refractivity contribution in [1.82, 2.24) is 30.7 Å². The van der Waals surface area contributed by atoms with Crippen molar-refractivity contribution in [2.24, 2.45) is 7.05 Å². The van der Waals surface area contributed by atoms with Gasteiger partial charge in [-0.25, -0.2) is 14.4 Å². The fourth-order valence-corrected chi connectivity index (χ4v) is 4.92. The Morgan fingerprint density at radius 3 is 2.89 bits per heavy atom. The Balaban J connectivity index is 1.43. The van der Waals surface area contributed by atoms with Crippen LogP contribution in [0, 0.1) is 17.1 Å². The average molecular weight is 472 g/mol. The Bertz CT molecular complexity index is 1420. The zero-order chi connectivity index (χ0) is 24.5. The fraction of sp³-hybridized carbons (Fsp3) is 0.308. The van der Waals surface area contributed by atoms with Crippen LogP contribution in [0.3, 0.4) is 0 Å². The largest absolute Gasteiger partial charge is 0.346 e. The SMILES string of the molecule is CC1=CC(c2cc(C#N)c(F)c(CNC(=O)c3nccc4nc(C5CCCC5)n(C)c34)c2)=CNN1. The summed E-state index contributed by atoms with van der Waals surface area (Å²) in [6, 6.07) is 6.87. The third kappa shape index (κ3) is 4.23. The number of aromatic nitrogens is 3. The normalized spacial score (nSPS) is 15.7. The Kier molecular flexibility index (Phi) is 5.95. The lowest BCUT2D eigenvalue weighted by Crippen LogP contribution is -2.27. The van der Waals surface area contributed by atoms with E-state index in [4.69, 9.17) is 4.98 Å². The van der Waals surface area contributed by atoms with Crippen LogP contribution in [0.5, 0.6) is 0 Å². The summed E-state index contributed by atoms with van der Waals surface area (Å²) in [5, 5.41) is 12.2. The van der Waals surface area contributed by atoms with Gasteiger partial charge in [-0.2, -0.15) is 5.26 Å². The molecule has 1 amide bonds. The number of rotatable bonds is 5. The van der Waals surface area contributed by atoms with Crippen LogP contribution in [-0.2, 0) is 13.6 Å². The van der Waals surface area contributed by atoms with E-state index in [0.717, 1.165) is 35.5 Å². The van der Waals surface area contributed by atoms with Gasteiger partial charge in [-0.15, -0.1) is 0 Å². The molecule has 1 aliphatic carbocycles.